The molecule has 0 fully saturated rings. The highest BCUT2D eigenvalue weighted by atomic mass is 79.9. The molecule has 3 nitrogen and oxygen atoms in total. The molecule has 0 bridgehead atoms. The molecule has 0 aliphatic carbocycles. The van der Waals surface area contributed by atoms with Crippen LogP contribution in [0.1, 0.15) is 43.7 Å². The van der Waals surface area contributed by atoms with E-state index >= 15 is 0 Å². The maximum absolute atomic E-state index is 9.49. The summed E-state index contributed by atoms with van der Waals surface area (Å²) in [4.78, 5) is 0. The molecule has 0 amide bonds. The monoisotopic (exact) mass is 413 g/mol. The van der Waals surface area contributed by atoms with E-state index in [0.29, 0.717) is 17.9 Å². The van der Waals surface area contributed by atoms with Gasteiger partial charge in [-0.3, -0.25) is 0 Å². The fraction of sp³-hybridized carbons (Fsp3) is 0.318. The van der Waals surface area contributed by atoms with Crippen molar-refractivity contribution in [3.63, 3.8) is 0 Å². The average molecular weight is 414 g/mol. The molecular weight excluding hydrogens is 390 g/mol. The molecule has 2 aromatic carbocycles. The first-order valence-corrected chi connectivity index (χ1v) is 9.65. The Morgan fingerprint density at radius 3 is 2.50 bits per heavy atom. The Morgan fingerprint density at radius 2 is 1.85 bits per heavy atom. The van der Waals surface area contributed by atoms with Crippen LogP contribution in [-0.2, 0) is 0 Å². The van der Waals surface area contributed by atoms with E-state index in [1.54, 1.807) is 7.11 Å². The van der Waals surface area contributed by atoms with Crippen molar-refractivity contribution in [2.75, 3.05) is 13.7 Å². The Bertz CT molecular complexity index is 776. The third-order valence-electron chi connectivity index (χ3n) is 4.03. The lowest BCUT2D eigenvalue weighted by Gasteiger charge is -2.11. The normalized spacial score (nSPS) is 11.1. The number of allylic oxidation sites excluding steroid dienone is 1. The number of methoxy groups -OCH3 is 1. The molecule has 0 spiro atoms. The van der Waals surface area contributed by atoms with Crippen molar-refractivity contribution in [2.24, 2.45) is 0 Å². The lowest BCUT2D eigenvalue weighted by Crippen LogP contribution is -1.99. The van der Waals surface area contributed by atoms with E-state index in [2.05, 4.69) is 28.9 Å². The van der Waals surface area contributed by atoms with Crippen LogP contribution in [0.25, 0.3) is 11.6 Å². The van der Waals surface area contributed by atoms with E-state index in [4.69, 9.17) is 9.47 Å². The Balaban J connectivity index is 2.14. The van der Waals surface area contributed by atoms with Gasteiger partial charge in [0.15, 0.2) is 11.5 Å². The smallest absolute Gasteiger partial charge is 0.161 e. The predicted molar refractivity (Wildman–Crippen MR) is 110 cm³/mol. The number of nitriles is 1. The molecule has 0 saturated heterocycles. The SMILES string of the molecule is CCCCCCOc1ccc(C=C(C#N)c2ccc(Br)cc2)cc1OC. The maximum Gasteiger partial charge on any atom is 0.161 e. The molecule has 0 aliphatic rings. The summed E-state index contributed by atoms with van der Waals surface area (Å²) in [5, 5.41) is 9.49. The van der Waals surface area contributed by atoms with Crippen LogP contribution < -0.4 is 9.47 Å². The van der Waals surface area contributed by atoms with Gasteiger partial charge in [0.05, 0.1) is 25.4 Å². The Kier molecular flexibility index (Phi) is 8.24. The number of hydrogen-bond donors (Lipinski definition) is 0. The lowest BCUT2D eigenvalue weighted by molar-refractivity contribution is 0.285. The molecule has 0 heterocycles. The van der Waals surface area contributed by atoms with Crippen LogP contribution >= 0.6 is 15.9 Å². The van der Waals surface area contributed by atoms with E-state index in [1.807, 2.05) is 48.5 Å². The average Bonchev–Trinajstić information content (AvgIpc) is 2.67. The molecule has 0 aromatic heterocycles. The molecule has 0 radical (unpaired) electrons. The van der Waals surface area contributed by atoms with E-state index < -0.39 is 0 Å². The first kappa shape index (κ1) is 20.1. The number of benzene rings is 2. The molecule has 26 heavy (non-hydrogen) atoms. The summed E-state index contributed by atoms with van der Waals surface area (Å²) in [7, 11) is 1.63. The molecule has 0 unspecified atom stereocenters. The van der Waals surface area contributed by atoms with E-state index in [0.717, 1.165) is 27.8 Å². The van der Waals surface area contributed by atoms with Crippen molar-refractivity contribution in [1.82, 2.24) is 0 Å². The van der Waals surface area contributed by atoms with Crippen LogP contribution in [0.3, 0.4) is 0 Å². The van der Waals surface area contributed by atoms with Crippen molar-refractivity contribution >= 4 is 27.6 Å². The third kappa shape index (κ3) is 5.93. The number of rotatable bonds is 9. The third-order valence-corrected chi connectivity index (χ3v) is 4.56. The van der Waals surface area contributed by atoms with Gasteiger partial charge in [0, 0.05) is 4.47 Å². The van der Waals surface area contributed by atoms with Gasteiger partial charge in [-0.05, 0) is 47.9 Å². The van der Waals surface area contributed by atoms with Crippen LogP contribution in [0, 0.1) is 11.3 Å². The first-order valence-electron chi connectivity index (χ1n) is 8.86. The van der Waals surface area contributed by atoms with Crippen LogP contribution in [0.5, 0.6) is 11.5 Å². The Morgan fingerprint density at radius 1 is 1.08 bits per heavy atom. The highest BCUT2D eigenvalue weighted by Gasteiger charge is 2.07. The second kappa shape index (κ2) is 10.7. The number of unbranched alkanes of at least 4 members (excludes halogenated alkanes) is 3. The summed E-state index contributed by atoms with van der Waals surface area (Å²) < 4.78 is 12.3. The van der Waals surface area contributed by atoms with Gasteiger partial charge in [-0.2, -0.15) is 5.26 Å². The van der Waals surface area contributed by atoms with Crippen molar-refractivity contribution < 1.29 is 9.47 Å². The summed E-state index contributed by atoms with van der Waals surface area (Å²) in [6.45, 7) is 2.88. The van der Waals surface area contributed by atoms with Crippen molar-refractivity contribution in [1.29, 1.82) is 5.26 Å². The quantitative estimate of drug-likeness (QED) is 0.268. The minimum absolute atomic E-state index is 0.604. The topological polar surface area (TPSA) is 42.2 Å². The lowest BCUT2D eigenvalue weighted by atomic mass is 10.0. The Labute approximate surface area is 164 Å². The van der Waals surface area contributed by atoms with Gasteiger partial charge in [0.25, 0.3) is 0 Å². The highest BCUT2D eigenvalue weighted by Crippen LogP contribution is 2.30. The summed E-state index contributed by atoms with van der Waals surface area (Å²) >= 11 is 3.41. The van der Waals surface area contributed by atoms with Gasteiger partial charge in [-0.1, -0.05) is 60.3 Å². The minimum Gasteiger partial charge on any atom is -0.493 e. The second-order valence-corrected chi connectivity index (χ2v) is 6.91. The Hall–Kier alpha value is -2.25. The van der Waals surface area contributed by atoms with Gasteiger partial charge in [-0.25, -0.2) is 0 Å². The highest BCUT2D eigenvalue weighted by molar-refractivity contribution is 9.10. The minimum atomic E-state index is 0.604. The first-order chi connectivity index (χ1) is 12.7. The molecule has 0 aliphatic heterocycles. The fourth-order valence-corrected chi connectivity index (χ4v) is 2.84. The zero-order valence-electron chi connectivity index (χ0n) is 15.3. The molecule has 0 N–H and O–H groups in total. The van der Waals surface area contributed by atoms with Crippen LogP contribution in [0.15, 0.2) is 46.9 Å². The molecule has 136 valence electrons. The fourth-order valence-electron chi connectivity index (χ4n) is 2.58. The van der Waals surface area contributed by atoms with Crippen molar-refractivity contribution in [3.05, 3.63) is 58.1 Å². The molecule has 4 heteroatoms. The summed E-state index contributed by atoms with van der Waals surface area (Å²) in [5.74, 6) is 1.42. The summed E-state index contributed by atoms with van der Waals surface area (Å²) in [5.41, 5.74) is 2.39. The van der Waals surface area contributed by atoms with Gasteiger partial charge in [0.1, 0.15) is 0 Å². The van der Waals surface area contributed by atoms with E-state index in [-0.39, 0.29) is 0 Å². The van der Waals surface area contributed by atoms with Crippen LogP contribution in [-0.4, -0.2) is 13.7 Å². The number of ether oxygens (including phenoxy) is 2. The second-order valence-electron chi connectivity index (χ2n) is 6.00. The van der Waals surface area contributed by atoms with Crippen LogP contribution in [0.4, 0.5) is 0 Å². The molecule has 0 saturated carbocycles. The zero-order chi connectivity index (χ0) is 18.8. The summed E-state index contributed by atoms with van der Waals surface area (Å²) in [6, 6.07) is 15.7. The summed E-state index contributed by atoms with van der Waals surface area (Å²) in [6.07, 6.45) is 6.52. The van der Waals surface area contributed by atoms with Crippen LogP contribution in [0.2, 0.25) is 0 Å². The molecule has 2 rings (SSSR count). The maximum atomic E-state index is 9.49. The van der Waals surface area contributed by atoms with Crippen molar-refractivity contribution in [2.45, 2.75) is 32.6 Å². The number of nitrogens with zero attached hydrogens (tertiary/aromatic N) is 1. The predicted octanol–water partition coefficient (Wildman–Crippen LogP) is 6.48. The number of halogens is 1. The standard InChI is InChI=1S/C22H24BrNO2/c1-3-4-5-6-13-26-21-12-7-17(15-22(21)25-2)14-19(16-24)18-8-10-20(23)11-9-18/h7-12,14-15H,3-6,13H2,1-2H3. The van der Waals surface area contributed by atoms with Gasteiger partial charge >= 0.3 is 0 Å². The molecule has 2 aromatic rings. The van der Waals surface area contributed by atoms with Crippen molar-refractivity contribution in [3.8, 4) is 17.6 Å². The van der Waals surface area contributed by atoms with Gasteiger partial charge < -0.3 is 9.47 Å². The van der Waals surface area contributed by atoms with Gasteiger partial charge in [-0.15, -0.1) is 0 Å². The zero-order valence-corrected chi connectivity index (χ0v) is 16.9. The molecular formula is C22H24BrNO2. The van der Waals surface area contributed by atoms with E-state index in [1.165, 1.54) is 19.3 Å². The largest absolute Gasteiger partial charge is 0.493 e. The number of hydrogen-bond acceptors (Lipinski definition) is 3. The van der Waals surface area contributed by atoms with Gasteiger partial charge in [0.2, 0.25) is 0 Å². The molecule has 0 atom stereocenters. The van der Waals surface area contributed by atoms with E-state index in [9.17, 15) is 5.26 Å².